The van der Waals surface area contributed by atoms with Gasteiger partial charge in [0.05, 0.1) is 11.4 Å². The maximum absolute atomic E-state index is 10.8. The Balaban J connectivity index is 2.42. The third-order valence-electron chi connectivity index (χ3n) is 1.67. The normalized spacial score (nSPS) is 13.8. The van der Waals surface area contributed by atoms with Crippen molar-refractivity contribution in [2.24, 2.45) is 5.73 Å². The Morgan fingerprint density at radius 2 is 2.17 bits per heavy atom. The molecule has 1 aliphatic rings. The van der Waals surface area contributed by atoms with Crippen molar-refractivity contribution in [1.82, 2.24) is 5.53 Å². The van der Waals surface area contributed by atoms with E-state index in [1.54, 1.807) is 6.07 Å². The number of hydrogen-bond donors (Lipinski definition) is 3. The van der Waals surface area contributed by atoms with Gasteiger partial charge >= 0.3 is 6.03 Å². The average molecular weight is 164 g/mol. The molecule has 1 aromatic carbocycles. The molecule has 62 valence electrons. The maximum Gasteiger partial charge on any atom is 0.335 e. The molecule has 0 saturated heterocycles. The molecule has 1 heterocycles. The number of nitrogens with one attached hydrogen (secondary N) is 2. The summed E-state index contributed by atoms with van der Waals surface area (Å²) >= 11 is 0. The Hall–Kier alpha value is -1.75. The van der Waals surface area contributed by atoms with Gasteiger partial charge in [0, 0.05) is 0 Å². The molecule has 0 aliphatic carbocycles. The monoisotopic (exact) mass is 164 g/mol. The second-order valence-corrected chi connectivity index (χ2v) is 2.43. The fourth-order valence-corrected chi connectivity index (χ4v) is 1.12. The second-order valence-electron chi connectivity index (χ2n) is 2.43. The molecule has 0 aromatic heterocycles. The number of amides is 2. The number of nitrogens with two attached hydrogens (primary N) is 1. The summed E-state index contributed by atoms with van der Waals surface area (Å²) < 4.78 is 0. The number of benzene rings is 1. The standard InChI is InChI=1S/C7H8N4O/c8-7(12)11-6-4-2-1-3-5(6)9-10-11/h1-4,9-10H,(H2,8,12). The van der Waals surface area contributed by atoms with Gasteiger partial charge in [0.2, 0.25) is 0 Å². The summed E-state index contributed by atoms with van der Waals surface area (Å²) in [6.45, 7) is 0. The number of hydrogen-bond acceptors (Lipinski definition) is 3. The molecule has 0 bridgehead atoms. The summed E-state index contributed by atoms with van der Waals surface area (Å²) in [7, 11) is 0. The van der Waals surface area contributed by atoms with E-state index in [1.807, 2.05) is 18.2 Å². The molecule has 0 saturated carbocycles. The average Bonchev–Trinajstić information content (AvgIpc) is 2.47. The van der Waals surface area contributed by atoms with Gasteiger partial charge in [-0.2, -0.15) is 0 Å². The number of hydrazine groups is 2. The molecule has 0 unspecified atom stereocenters. The van der Waals surface area contributed by atoms with E-state index >= 15 is 0 Å². The topological polar surface area (TPSA) is 70.4 Å². The van der Waals surface area contributed by atoms with Crippen molar-refractivity contribution in [3.63, 3.8) is 0 Å². The van der Waals surface area contributed by atoms with E-state index in [9.17, 15) is 4.79 Å². The van der Waals surface area contributed by atoms with Crippen molar-refractivity contribution in [3.05, 3.63) is 24.3 Å². The van der Waals surface area contributed by atoms with Crippen LogP contribution in [0.2, 0.25) is 0 Å². The first-order valence-corrected chi connectivity index (χ1v) is 3.49. The SMILES string of the molecule is NC(=O)N1NNc2ccccc21. The number of para-hydroxylation sites is 2. The van der Waals surface area contributed by atoms with Crippen molar-refractivity contribution in [1.29, 1.82) is 0 Å². The van der Waals surface area contributed by atoms with Gasteiger partial charge in [-0.3, -0.25) is 0 Å². The van der Waals surface area contributed by atoms with E-state index < -0.39 is 6.03 Å². The predicted octanol–water partition coefficient (Wildman–Crippen LogP) is 0.417. The number of carbonyl (C=O) groups is 1. The zero-order chi connectivity index (χ0) is 8.55. The summed E-state index contributed by atoms with van der Waals surface area (Å²) in [6, 6.07) is 6.83. The summed E-state index contributed by atoms with van der Waals surface area (Å²) in [5.41, 5.74) is 12.1. The van der Waals surface area contributed by atoms with Crippen molar-refractivity contribution in [2.45, 2.75) is 0 Å². The number of nitrogens with zero attached hydrogens (tertiary/aromatic N) is 1. The first-order valence-electron chi connectivity index (χ1n) is 3.49. The van der Waals surface area contributed by atoms with Crippen LogP contribution in [0.1, 0.15) is 0 Å². The van der Waals surface area contributed by atoms with Crippen LogP contribution in [0.3, 0.4) is 0 Å². The van der Waals surface area contributed by atoms with Crippen LogP contribution in [0.4, 0.5) is 16.2 Å². The Morgan fingerprint density at radius 1 is 1.42 bits per heavy atom. The highest BCUT2D eigenvalue weighted by atomic mass is 16.2. The highest BCUT2D eigenvalue weighted by Crippen LogP contribution is 2.27. The number of anilines is 2. The second kappa shape index (κ2) is 2.38. The zero-order valence-electron chi connectivity index (χ0n) is 6.24. The van der Waals surface area contributed by atoms with Crippen LogP contribution in [0, 0.1) is 0 Å². The van der Waals surface area contributed by atoms with Crippen LogP contribution in [0.5, 0.6) is 0 Å². The molecule has 1 aliphatic heterocycles. The Bertz CT molecular complexity index is 325. The fourth-order valence-electron chi connectivity index (χ4n) is 1.12. The molecule has 0 spiro atoms. The van der Waals surface area contributed by atoms with E-state index in [2.05, 4.69) is 11.0 Å². The first-order chi connectivity index (χ1) is 5.79. The molecular weight excluding hydrogens is 156 g/mol. The minimum atomic E-state index is -0.535. The molecule has 5 heteroatoms. The molecule has 5 nitrogen and oxygen atoms in total. The van der Waals surface area contributed by atoms with Gasteiger partial charge in [-0.25, -0.2) is 9.80 Å². The highest BCUT2D eigenvalue weighted by Gasteiger charge is 2.20. The lowest BCUT2D eigenvalue weighted by atomic mass is 10.3. The van der Waals surface area contributed by atoms with E-state index in [4.69, 9.17) is 5.73 Å². The smallest absolute Gasteiger partial charge is 0.335 e. The Kier molecular flexibility index (Phi) is 1.38. The minimum Gasteiger partial charge on any atom is -0.350 e. The molecule has 12 heavy (non-hydrogen) atoms. The summed E-state index contributed by atoms with van der Waals surface area (Å²) in [5.74, 6) is 0. The van der Waals surface area contributed by atoms with Crippen molar-refractivity contribution in [3.8, 4) is 0 Å². The Labute approximate surface area is 69.1 Å². The van der Waals surface area contributed by atoms with E-state index in [-0.39, 0.29) is 0 Å². The molecule has 1 aromatic rings. The number of fused-ring (bicyclic) bond motifs is 1. The maximum atomic E-state index is 10.8. The third-order valence-corrected chi connectivity index (χ3v) is 1.67. The van der Waals surface area contributed by atoms with Crippen LogP contribution in [-0.2, 0) is 0 Å². The van der Waals surface area contributed by atoms with Gasteiger partial charge < -0.3 is 11.2 Å². The number of carbonyl (C=O) groups excluding carboxylic acids is 1. The molecule has 2 rings (SSSR count). The summed E-state index contributed by atoms with van der Waals surface area (Å²) in [4.78, 5) is 10.8. The van der Waals surface area contributed by atoms with Crippen molar-refractivity contribution in [2.75, 3.05) is 10.4 Å². The molecule has 0 atom stereocenters. The lowest BCUT2D eigenvalue weighted by Gasteiger charge is -2.11. The first kappa shape index (κ1) is 6.93. The Morgan fingerprint density at radius 3 is 2.92 bits per heavy atom. The largest absolute Gasteiger partial charge is 0.350 e. The van der Waals surface area contributed by atoms with Gasteiger partial charge in [-0.15, -0.1) is 5.53 Å². The van der Waals surface area contributed by atoms with Crippen LogP contribution in [0.15, 0.2) is 24.3 Å². The van der Waals surface area contributed by atoms with Gasteiger partial charge in [-0.1, -0.05) is 12.1 Å². The van der Waals surface area contributed by atoms with Crippen LogP contribution < -0.4 is 21.7 Å². The number of primary amides is 1. The number of urea groups is 1. The molecule has 4 N–H and O–H groups in total. The van der Waals surface area contributed by atoms with Crippen molar-refractivity contribution >= 4 is 17.4 Å². The van der Waals surface area contributed by atoms with Crippen LogP contribution in [0.25, 0.3) is 0 Å². The quantitative estimate of drug-likeness (QED) is 0.520. The third kappa shape index (κ3) is 0.876. The summed E-state index contributed by atoms with van der Waals surface area (Å²) in [6.07, 6.45) is 0. The lowest BCUT2D eigenvalue weighted by Crippen LogP contribution is -2.44. The predicted molar refractivity (Wildman–Crippen MR) is 45.3 cm³/mol. The molecule has 2 amide bonds. The number of rotatable bonds is 0. The van der Waals surface area contributed by atoms with Gasteiger partial charge in [0.1, 0.15) is 0 Å². The van der Waals surface area contributed by atoms with Crippen LogP contribution >= 0.6 is 0 Å². The van der Waals surface area contributed by atoms with E-state index in [1.165, 1.54) is 5.01 Å². The van der Waals surface area contributed by atoms with Gasteiger partial charge in [0.25, 0.3) is 0 Å². The lowest BCUT2D eigenvalue weighted by molar-refractivity contribution is 0.252. The molecular formula is C7H8N4O. The van der Waals surface area contributed by atoms with Gasteiger partial charge in [-0.05, 0) is 12.1 Å². The zero-order valence-corrected chi connectivity index (χ0v) is 6.24. The van der Waals surface area contributed by atoms with Crippen LogP contribution in [-0.4, -0.2) is 6.03 Å². The van der Waals surface area contributed by atoms with Gasteiger partial charge in [0.15, 0.2) is 0 Å². The minimum absolute atomic E-state index is 0.535. The highest BCUT2D eigenvalue weighted by molar-refractivity contribution is 5.95. The van der Waals surface area contributed by atoms with Crippen molar-refractivity contribution < 1.29 is 4.79 Å². The fraction of sp³-hybridized carbons (Fsp3) is 0. The molecule has 0 fully saturated rings. The summed E-state index contributed by atoms with van der Waals surface area (Å²) in [5, 5.41) is 1.25. The van der Waals surface area contributed by atoms with E-state index in [0.717, 1.165) is 11.4 Å². The van der Waals surface area contributed by atoms with E-state index in [0.29, 0.717) is 0 Å². The molecule has 0 radical (unpaired) electrons.